The maximum Gasteiger partial charge on any atom is 0.268 e. The number of alkyl halides is 2. The van der Waals surface area contributed by atoms with E-state index in [-0.39, 0.29) is 0 Å². The molecule has 0 aromatic carbocycles. The first kappa shape index (κ1) is 21.8. The minimum absolute atomic E-state index is 0.342. The zero-order valence-electron chi connectivity index (χ0n) is 16.8. The molecule has 1 aromatic heterocycles. The summed E-state index contributed by atoms with van der Waals surface area (Å²) in [6.07, 6.45) is 8.39. The van der Waals surface area contributed by atoms with Gasteiger partial charge in [0.25, 0.3) is 11.8 Å². The number of pyridine rings is 1. The predicted molar refractivity (Wildman–Crippen MR) is 106 cm³/mol. The molecule has 0 bridgehead atoms. The first-order valence-corrected chi connectivity index (χ1v) is 10.00. The molecule has 3 atom stereocenters. The summed E-state index contributed by atoms with van der Waals surface area (Å²) in [5.74, 6) is -3.94. The normalized spacial score (nSPS) is 25.8. The monoisotopic (exact) mass is 417 g/mol. The number of likely N-dealkylation sites (tertiary alicyclic amines) is 1. The Morgan fingerprint density at radius 1 is 1.47 bits per heavy atom. The maximum absolute atomic E-state index is 13.5. The van der Waals surface area contributed by atoms with Crippen molar-refractivity contribution >= 4 is 17.9 Å². The van der Waals surface area contributed by atoms with Crippen molar-refractivity contribution < 1.29 is 18.4 Å². The summed E-state index contributed by atoms with van der Waals surface area (Å²) in [4.78, 5) is 29.7. The number of carbonyl (C=O) groups excluding carboxylic acids is 2. The van der Waals surface area contributed by atoms with Crippen molar-refractivity contribution in [3.8, 4) is 6.07 Å². The van der Waals surface area contributed by atoms with Gasteiger partial charge in [0.1, 0.15) is 6.04 Å². The third-order valence-corrected chi connectivity index (χ3v) is 5.48. The van der Waals surface area contributed by atoms with Crippen LogP contribution in [-0.2, 0) is 4.79 Å². The van der Waals surface area contributed by atoms with Gasteiger partial charge in [0.2, 0.25) is 5.91 Å². The van der Waals surface area contributed by atoms with Crippen molar-refractivity contribution in [1.82, 2.24) is 20.5 Å². The van der Waals surface area contributed by atoms with Crippen molar-refractivity contribution in [2.45, 2.75) is 44.2 Å². The van der Waals surface area contributed by atoms with E-state index < -0.39 is 43.3 Å². The van der Waals surface area contributed by atoms with E-state index in [2.05, 4.69) is 22.5 Å². The number of amides is 2. The summed E-state index contributed by atoms with van der Waals surface area (Å²) in [6, 6.07) is 2.58. The Kier molecular flexibility index (Phi) is 6.77. The third-order valence-electron chi connectivity index (χ3n) is 5.48. The molecule has 30 heavy (non-hydrogen) atoms. The van der Waals surface area contributed by atoms with E-state index in [4.69, 9.17) is 5.26 Å². The van der Waals surface area contributed by atoms with Crippen molar-refractivity contribution in [1.29, 1.82) is 5.26 Å². The average Bonchev–Trinajstić information content (AvgIpc) is 3.06. The number of nitriles is 1. The number of piperidine rings is 1. The van der Waals surface area contributed by atoms with Gasteiger partial charge in [0.05, 0.1) is 19.2 Å². The van der Waals surface area contributed by atoms with Gasteiger partial charge >= 0.3 is 0 Å². The van der Waals surface area contributed by atoms with Crippen LogP contribution in [0.4, 0.5) is 8.78 Å². The van der Waals surface area contributed by atoms with Crippen LogP contribution >= 0.6 is 0 Å². The van der Waals surface area contributed by atoms with Crippen molar-refractivity contribution in [3.05, 3.63) is 35.7 Å². The molecule has 2 N–H and O–H groups in total. The van der Waals surface area contributed by atoms with Gasteiger partial charge in [-0.15, -0.1) is 0 Å². The lowest BCUT2D eigenvalue weighted by molar-refractivity contribution is -0.131. The third kappa shape index (κ3) is 5.39. The molecule has 2 fully saturated rings. The molecule has 160 valence electrons. The van der Waals surface area contributed by atoms with Crippen LogP contribution in [0.2, 0.25) is 0 Å². The number of carbonyl (C=O) groups is 2. The molecular weight excluding hydrogens is 392 g/mol. The van der Waals surface area contributed by atoms with Crippen LogP contribution in [0.3, 0.4) is 0 Å². The fraction of sp³-hybridized carbons (Fsp3) is 0.524. The number of hydrogen-bond acceptors (Lipinski definition) is 5. The largest absolute Gasteiger partial charge is 0.343 e. The Balaban J connectivity index is 1.61. The standard InChI is InChI=1S/C21H25F2N5O2/c1-14-2-3-15(10-26-14)4-5-16-11-25-7-6-18(16)20(30)27-12-19(29)28-13-21(22,23)8-17(28)9-24/h4-7,11,14-15,17,26H,2-3,8,10,12-13H2,1H3,(H,27,30). The van der Waals surface area contributed by atoms with Gasteiger partial charge in [-0.2, -0.15) is 5.26 Å². The molecule has 3 heterocycles. The fourth-order valence-electron chi connectivity index (χ4n) is 3.72. The molecule has 2 aliphatic rings. The molecule has 2 saturated heterocycles. The van der Waals surface area contributed by atoms with E-state index >= 15 is 0 Å². The van der Waals surface area contributed by atoms with Crippen LogP contribution in [0.15, 0.2) is 24.5 Å². The number of hydrogen-bond donors (Lipinski definition) is 2. The van der Waals surface area contributed by atoms with E-state index in [1.807, 2.05) is 12.2 Å². The molecule has 2 aliphatic heterocycles. The summed E-state index contributed by atoms with van der Waals surface area (Å²) in [7, 11) is 0. The highest BCUT2D eigenvalue weighted by molar-refractivity contribution is 5.99. The molecule has 2 amide bonds. The Bertz CT molecular complexity index is 859. The SMILES string of the molecule is CC1CCC(C=Cc2cnccc2C(=O)NCC(=O)N2CC(F)(F)CC2C#N)CN1. The van der Waals surface area contributed by atoms with Crippen molar-refractivity contribution in [2.24, 2.45) is 5.92 Å². The first-order valence-electron chi connectivity index (χ1n) is 10.00. The molecule has 1 aromatic rings. The van der Waals surface area contributed by atoms with Crippen LogP contribution in [0.25, 0.3) is 6.08 Å². The highest BCUT2D eigenvalue weighted by atomic mass is 19.3. The van der Waals surface area contributed by atoms with Gasteiger partial charge in [-0.25, -0.2) is 8.78 Å². The average molecular weight is 417 g/mol. The second-order valence-electron chi connectivity index (χ2n) is 7.88. The van der Waals surface area contributed by atoms with Gasteiger partial charge in [-0.3, -0.25) is 14.6 Å². The number of nitrogens with one attached hydrogen (secondary N) is 2. The molecular formula is C21H25F2N5O2. The highest BCUT2D eigenvalue weighted by Crippen LogP contribution is 2.31. The van der Waals surface area contributed by atoms with E-state index in [1.54, 1.807) is 18.3 Å². The Labute approximate surface area is 174 Å². The fourth-order valence-corrected chi connectivity index (χ4v) is 3.72. The van der Waals surface area contributed by atoms with Crippen LogP contribution in [-0.4, -0.2) is 59.3 Å². The molecule has 9 heteroatoms. The van der Waals surface area contributed by atoms with Gasteiger partial charge in [-0.1, -0.05) is 12.2 Å². The lowest BCUT2D eigenvalue weighted by Crippen LogP contribution is -2.43. The number of halogens is 2. The lowest BCUT2D eigenvalue weighted by atomic mass is 9.94. The van der Waals surface area contributed by atoms with Crippen LogP contribution in [0.5, 0.6) is 0 Å². The summed E-state index contributed by atoms with van der Waals surface area (Å²) in [5.41, 5.74) is 0.957. The minimum Gasteiger partial charge on any atom is -0.343 e. The summed E-state index contributed by atoms with van der Waals surface area (Å²) in [6.45, 7) is 1.75. The van der Waals surface area contributed by atoms with E-state index in [1.165, 1.54) is 6.20 Å². The lowest BCUT2D eigenvalue weighted by Gasteiger charge is -2.25. The minimum atomic E-state index is -3.09. The van der Waals surface area contributed by atoms with Gasteiger partial charge < -0.3 is 15.5 Å². The van der Waals surface area contributed by atoms with Gasteiger partial charge in [-0.05, 0) is 31.7 Å². The Morgan fingerprint density at radius 2 is 2.27 bits per heavy atom. The van der Waals surface area contributed by atoms with E-state index in [0.717, 1.165) is 24.3 Å². The van der Waals surface area contributed by atoms with Gasteiger partial charge in [0, 0.05) is 42.5 Å². The zero-order chi connectivity index (χ0) is 21.7. The molecule has 7 nitrogen and oxygen atoms in total. The van der Waals surface area contributed by atoms with Gasteiger partial charge in [0.15, 0.2) is 0 Å². The number of aromatic nitrogens is 1. The molecule has 0 spiro atoms. The highest BCUT2D eigenvalue weighted by Gasteiger charge is 2.47. The number of rotatable bonds is 5. The molecule has 3 unspecified atom stereocenters. The molecule has 0 saturated carbocycles. The molecule has 3 rings (SSSR count). The maximum atomic E-state index is 13.5. The molecule has 0 aliphatic carbocycles. The van der Waals surface area contributed by atoms with Crippen LogP contribution in [0, 0.1) is 17.2 Å². The molecule has 0 radical (unpaired) electrons. The Hall–Kier alpha value is -2.86. The predicted octanol–water partition coefficient (Wildman–Crippen LogP) is 1.97. The van der Waals surface area contributed by atoms with E-state index in [9.17, 15) is 18.4 Å². The Morgan fingerprint density at radius 3 is 2.97 bits per heavy atom. The van der Waals surface area contributed by atoms with Crippen molar-refractivity contribution in [3.63, 3.8) is 0 Å². The zero-order valence-corrected chi connectivity index (χ0v) is 16.8. The second-order valence-corrected chi connectivity index (χ2v) is 7.88. The van der Waals surface area contributed by atoms with Crippen LogP contribution < -0.4 is 10.6 Å². The topological polar surface area (TPSA) is 98.1 Å². The quantitative estimate of drug-likeness (QED) is 0.763. The van der Waals surface area contributed by atoms with E-state index in [0.29, 0.717) is 23.1 Å². The number of nitrogens with zero attached hydrogens (tertiary/aromatic N) is 3. The smallest absolute Gasteiger partial charge is 0.268 e. The second kappa shape index (κ2) is 9.30. The summed E-state index contributed by atoms with van der Waals surface area (Å²) < 4.78 is 27.0. The first-order chi connectivity index (χ1) is 14.3. The summed E-state index contributed by atoms with van der Waals surface area (Å²) >= 11 is 0. The summed E-state index contributed by atoms with van der Waals surface area (Å²) in [5, 5.41) is 14.9. The van der Waals surface area contributed by atoms with Crippen molar-refractivity contribution in [2.75, 3.05) is 19.6 Å². The van der Waals surface area contributed by atoms with Crippen LogP contribution in [0.1, 0.15) is 42.1 Å².